The zero-order valence-electron chi connectivity index (χ0n) is 13.2. The number of halogens is 2. The third-order valence-corrected chi connectivity index (χ3v) is 4.78. The second-order valence-corrected chi connectivity index (χ2v) is 6.65. The van der Waals surface area contributed by atoms with Gasteiger partial charge in [-0.05, 0) is 32.9 Å². The molecule has 0 bridgehead atoms. The van der Waals surface area contributed by atoms with Crippen molar-refractivity contribution in [2.75, 3.05) is 11.3 Å². The van der Waals surface area contributed by atoms with Gasteiger partial charge >= 0.3 is 5.97 Å². The van der Waals surface area contributed by atoms with Gasteiger partial charge in [0.25, 0.3) is 10.0 Å². The summed E-state index contributed by atoms with van der Waals surface area (Å²) < 4.78 is 58.8. The van der Waals surface area contributed by atoms with Gasteiger partial charge in [0.15, 0.2) is 0 Å². The van der Waals surface area contributed by atoms with E-state index in [-0.39, 0.29) is 22.8 Å². The Kier molecular flexibility index (Phi) is 4.93. The van der Waals surface area contributed by atoms with Crippen molar-refractivity contribution in [2.24, 2.45) is 0 Å². The highest BCUT2D eigenvalue weighted by molar-refractivity contribution is 7.92. The van der Waals surface area contributed by atoms with Gasteiger partial charge in [0.2, 0.25) is 0 Å². The molecule has 1 heterocycles. The van der Waals surface area contributed by atoms with Gasteiger partial charge in [0.05, 0.1) is 12.3 Å². The zero-order chi connectivity index (χ0) is 18.1. The van der Waals surface area contributed by atoms with Crippen LogP contribution in [-0.2, 0) is 14.8 Å². The molecule has 2 N–H and O–H groups in total. The fourth-order valence-electron chi connectivity index (χ4n) is 2.31. The summed E-state index contributed by atoms with van der Waals surface area (Å²) in [5, 5.41) is 0. The second-order valence-electron chi connectivity index (χ2n) is 5.03. The lowest BCUT2D eigenvalue weighted by molar-refractivity contribution is 0.0521. The van der Waals surface area contributed by atoms with Crippen molar-refractivity contribution in [1.29, 1.82) is 0 Å². The topological polar surface area (TPSA) is 88.3 Å². The van der Waals surface area contributed by atoms with E-state index in [4.69, 9.17) is 4.74 Å². The average Bonchev–Trinajstić information content (AvgIpc) is 2.77. The molecule has 0 aliphatic heterocycles. The maximum atomic E-state index is 13.7. The van der Waals surface area contributed by atoms with Crippen molar-refractivity contribution < 1.29 is 26.7 Å². The smallest absolute Gasteiger partial charge is 0.341 e. The highest BCUT2D eigenvalue weighted by Crippen LogP contribution is 2.27. The van der Waals surface area contributed by atoms with E-state index in [0.29, 0.717) is 11.8 Å². The standard InChI is InChI=1S/C15H16F2N2O4S/c1-4-23-15(20)13-8(2)18-9(3)14(13)24(21,22)19-12-6-5-10(16)7-11(12)17/h5-7,18-19H,4H2,1-3H3. The largest absolute Gasteiger partial charge is 0.462 e. The van der Waals surface area contributed by atoms with Crippen LogP contribution in [0.4, 0.5) is 14.5 Å². The summed E-state index contributed by atoms with van der Waals surface area (Å²) in [6.07, 6.45) is 0. The van der Waals surface area contributed by atoms with Crippen LogP contribution < -0.4 is 4.72 Å². The predicted molar refractivity (Wildman–Crippen MR) is 83.4 cm³/mol. The molecular weight excluding hydrogens is 342 g/mol. The Morgan fingerprint density at radius 3 is 2.50 bits per heavy atom. The molecule has 0 saturated carbocycles. The molecular formula is C15H16F2N2O4S. The minimum atomic E-state index is -4.30. The number of sulfonamides is 1. The van der Waals surface area contributed by atoms with Crippen molar-refractivity contribution in [3.63, 3.8) is 0 Å². The number of hydrogen-bond donors (Lipinski definition) is 2. The van der Waals surface area contributed by atoms with Crippen LogP contribution in [-0.4, -0.2) is 26.0 Å². The number of nitrogens with one attached hydrogen (secondary N) is 2. The van der Waals surface area contributed by atoms with Gasteiger partial charge in [-0.1, -0.05) is 0 Å². The Bertz CT molecular complexity index is 891. The van der Waals surface area contributed by atoms with Gasteiger partial charge in [-0.3, -0.25) is 4.72 Å². The van der Waals surface area contributed by atoms with Crippen LogP contribution in [0.5, 0.6) is 0 Å². The monoisotopic (exact) mass is 358 g/mol. The number of hydrogen-bond acceptors (Lipinski definition) is 4. The molecule has 0 amide bonds. The van der Waals surface area contributed by atoms with Crippen LogP contribution in [0, 0.1) is 25.5 Å². The minimum absolute atomic E-state index is 0.0714. The van der Waals surface area contributed by atoms with E-state index < -0.39 is 33.3 Å². The fraction of sp³-hybridized carbons (Fsp3) is 0.267. The lowest BCUT2D eigenvalue weighted by Crippen LogP contribution is -2.18. The molecule has 0 aliphatic carbocycles. The van der Waals surface area contributed by atoms with Crippen molar-refractivity contribution in [1.82, 2.24) is 4.98 Å². The van der Waals surface area contributed by atoms with Crippen LogP contribution >= 0.6 is 0 Å². The number of esters is 1. The van der Waals surface area contributed by atoms with Crippen LogP contribution in [0.25, 0.3) is 0 Å². The Morgan fingerprint density at radius 2 is 1.92 bits per heavy atom. The summed E-state index contributed by atoms with van der Waals surface area (Å²) in [7, 11) is -4.30. The maximum Gasteiger partial charge on any atom is 0.341 e. The molecule has 0 spiro atoms. The summed E-state index contributed by atoms with van der Waals surface area (Å²) in [5.74, 6) is -2.71. The number of carbonyl (C=O) groups excluding carboxylic acids is 1. The summed E-state index contributed by atoms with van der Waals surface area (Å²) in [4.78, 5) is 14.5. The summed E-state index contributed by atoms with van der Waals surface area (Å²) >= 11 is 0. The van der Waals surface area contributed by atoms with Crippen molar-refractivity contribution in [3.8, 4) is 0 Å². The highest BCUT2D eigenvalue weighted by atomic mass is 32.2. The van der Waals surface area contributed by atoms with E-state index in [1.807, 2.05) is 4.72 Å². The van der Waals surface area contributed by atoms with E-state index in [9.17, 15) is 22.0 Å². The van der Waals surface area contributed by atoms with Crippen molar-refractivity contribution in [3.05, 3.63) is 46.8 Å². The van der Waals surface area contributed by atoms with Gasteiger partial charge in [-0.25, -0.2) is 22.0 Å². The maximum absolute atomic E-state index is 13.7. The molecule has 0 radical (unpaired) electrons. The van der Waals surface area contributed by atoms with E-state index in [1.54, 1.807) is 6.92 Å². The number of H-pyrrole nitrogens is 1. The normalized spacial score (nSPS) is 11.4. The van der Waals surface area contributed by atoms with Gasteiger partial charge in [0.1, 0.15) is 22.1 Å². The summed E-state index contributed by atoms with van der Waals surface area (Å²) in [5.41, 5.74) is -0.0645. The number of aryl methyl sites for hydroxylation is 2. The minimum Gasteiger partial charge on any atom is -0.462 e. The zero-order valence-corrected chi connectivity index (χ0v) is 14.1. The average molecular weight is 358 g/mol. The Morgan fingerprint density at radius 1 is 1.25 bits per heavy atom. The molecule has 0 saturated heterocycles. The van der Waals surface area contributed by atoms with E-state index in [0.717, 1.165) is 12.1 Å². The molecule has 2 aromatic rings. The number of aromatic amines is 1. The summed E-state index contributed by atoms with van der Waals surface area (Å²) in [6.45, 7) is 4.65. The van der Waals surface area contributed by atoms with E-state index >= 15 is 0 Å². The molecule has 2 rings (SSSR count). The van der Waals surface area contributed by atoms with E-state index in [1.165, 1.54) is 13.8 Å². The molecule has 6 nitrogen and oxygen atoms in total. The van der Waals surface area contributed by atoms with Gasteiger partial charge < -0.3 is 9.72 Å². The molecule has 130 valence electrons. The molecule has 9 heteroatoms. The third kappa shape index (κ3) is 3.40. The first-order valence-electron chi connectivity index (χ1n) is 7.01. The first-order chi connectivity index (χ1) is 11.2. The molecule has 0 unspecified atom stereocenters. The van der Waals surface area contributed by atoms with Gasteiger partial charge in [-0.2, -0.15) is 0 Å². The number of anilines is 1. The molecule has 0 atom stereocenters. The molecule has 0 fully saturated rings. The van der Waals surface area contributed by atoms with Crippen molar-refractivity contribution in [2.45, 2.75) is 25.7 Å². The van der Waals surface area contributed by atoms with E-state index in [2.05, 4.69) is 4.98 Å². The quantitative estimate of drug-likeness (QED) is 0.805. The van der Waals surface area contributed by atoms with Gasteiger partial charge in [-0.15, -0.1) is 0 Å². The number of aromatic nitrogens is 1. The Hall–Kier alpha value is -2.42. The first kappa shape index (κ1) is 17.9. The first-order valence-corrected chi connectivity index (χ1v) is 8.49. The number of rotatable bonds is 5. The number of ether oxygens (including phenoxy) is 1. The van der Waals surface area contributed by atoms with Crippen LogP contribution in [0.2, 0.25) is 0 Å². The van der Waals surface area contributed by atoms with Crippen LogP contribution in [0.1, 0.15) is 28.7 Å². The SMILES string of the molecule is CCOC(=O)c1c(C)[nH]c(C)c1S(=O)(=O)Nc1ccc(F)cc1F. The molecule has 1 aromatic carbocycles. The molecule has 1 aromatic heterocycles. The second kappa shape index (κ2) is 6.60. The summed E-state index contributed by atoms with van der Waals surface area (Å²) in [6, 6.07) is 2.43. The van der Waals surface area contributed by atoms with Crippen molar-refractivity contribution >= 4 is 21.7 Å². The number of carbonyl (C=O) groups is 1. The Labute approximate surface area is 137 Å². The van der Waals surface area contributed by atoms with Gasteiger partial charge in [0, 0.05) is 17.5 Å². The predicted octanol–water partition coefficient (Wildman–Crippen LogP) is 2.89. The lowest BCUT2D eigenvalue weighted by atomic mass is 10.2. The Balaban J connectivity index is 2.51. The number of benzene rings is 1. The van der Waals surface area contributed by atoms with Crippen LogP contribution in [0.3, 0.4) is 0 Å². The lowest BCUT2D eigenvalue weighted by Gasteiger charge is -2.11. The third-order valence-electron chi connectivity index (χ3n) is 3.24. The fourth-order valence-corrected chi connectivity index (χ4v) is 3.83. The van der Waals surface area contributed by atoms with Crippen LogP contribution in [0.15, 0.2) is 23.1 Å². The highest BCUT2D eigenvalue weighted by Gasteiger charge is 2.30. The molecule has 0 aliphatic rings. The molecule has 24 heavy (non-hydrogen) atoms.